The molecule has 0 bridgehead atoms. The molecular formula is C21H26BrN3O3. The van der Waals surface area contributed by atoms with Gasteiger partial charge in [0.2, 0.25) is 0 Å². The minimum Gasteiger partial charge on any atom is -0.361 e. The number of carbonyl (C=O) groups is 2. The number of benzene rings is 1. The van der Waals surface area contributed by atoms with Crippen LogP contribution in [0.2, 0.25) is 0 Å². The first-order valence-corrected chi connectivity index (χ1v) is 10.4. The highest BCUT2D eigenvalue weighted by atomic mass is 79.9. The van der Waals surface area contributed by atoms with Crippen LogP contribution in [0.15, 0.2) is 33.3 Å². The summed E-state index contributed by atoms with van der Waals surface area (Å²) in [6.07, 6.45) is 2.96. The molecule has 1 heterocycles. The molecule has 7 heteroatoms. The fourth-order valence-electron chi connectivity index (χ4n) is 4.05. The Hall–Kier alpha value is -2.15. The van der Waals surface area contributed by atoms with Crippen LogP contribution in [0.5, 0.6) is 0 Å². The molecule has 1 unspecified atom stereocenters. The van der Waals surface area contributed by atoms with Gasteiger partial charge in [-0.15, -0.1) is 0 Å². The molecule has 1 aliphatic rings. The molecule has 0 saturated heterocycles. The Kier molecular flexibility index (Phi) is 6.54. The van der Waals surface area contributed by atoms with E-state index >= 15 is 0 Å². The number of hydrogen-bond donors (Lipinski definition) is 2. The summed E-state index contributed by atoms with van der Waals surface area (Å²) >= 11 is 3.44. The van der Waals surface area contributed by atoms with Crippen LogP contribution >= 0.6 is 15.9 Å². The van der Waals surface area contributed by atoms with Crippen molar-refractivity contribution in [3.05, 3.63) is 45.8 Å². The van der Waals surface area contributed by atoms with E-state index in [1.165, 1.54) is 0 Å². The summed E-state index contributed by atoms with van der Waals surface area (Å²) in [7, 11) is 0. The maximum absolute atomic E-state index is 13.2. The maximum atomic E-state index is 13.2. The van der Waals surface area contributed by atoms with Crippen molar-refractivity contribution in [1.29, 1.82) is 0 Å². The number of Topliss-reactive ketones (excluding diaryl/α,β-unsaturated/α-hetero) is 1. The van der Waals surface area contributed by atoms with Crippen LogP contribution in [0.3, 0.4) is 0 Å². The van der Waals surface area contributed by atoms with Crippen LogP contribution in [-0.2, 0) is 6.54 Å². The van der Waals surface area contributed by atoms with Crippen LogP contribution in [0.1, 0.15) is 54.9 Å². The first kappa shape index (κ1) is 20.6. The Bertz CT molecular complexity index is 854. The lowest BCUT2D eigenvalue weighted by Gasteiger charge is -2.31. The topological polar surface area (TPSA) is 84.2 Å². The Morgan fingerprint density at radius 3 is 2.54 bits per heavy atom. The molecule has 1 saturated carbocycles. The van der Waals surface area contributed by atoms with Crippen LogP contribution in [0, 0.1) is 24.7 Å². The van der Waals surface area contributed by atoms with Gasteiger partial charge in [0.15, 0.2) is 5.78 Å². The number of aromatic nitrogens is 1. The van der Waals surface area contributed by atoms with E-state index in [-0.39, 0.29) is 24.3 Å². The number of ketones is 1. The number of anilines is 1. The zero-order valence-electron chi connectivity index (χ0n) is 16.4. The Morgan fingerprint density at radius 1 is 1.18 bits per heavy atom. The normalized spacial score (nSPS) is 21.9. The predicted octanol–water partition coefficient (Wildman–Crippen LogP) is 5.32. The quantitative estimate of drug-likeness (QED) is 0.607. The van der Waals surface area contributed by atoms with Gasteiger partial charge in [-0.1, -0.05) is 34.9 Å². The lowest BCUT2D eigenvalue weighted by Crippen LogP contribution is -2.30. The summed E-state index contributed by atoms with van der Waals surface area (Å²) in [5.41, 5.74) is 1.71. The van der Waals surface area contributed by atoms with E-state index in [4.69, 9.17) is 4.52 Å². The van der Waals surface area contributed by atoms with Crippen molar-refractivity contribution in [2.45, 2.75) is 46.6 Å². The van der Waals surface area contributed by atoms with Gasteiger partial charge < -0.3 is 15.2 Å². The van der Waals surface area contributed by atoms with Crippen LogP contribution in [0.4, 0.5) is 10.5 Å². The third-order valence-electron chi connectivity index (χ3n) is 5.15. The third kappa shape index (κ3) is 5.22. The van der Waals surface area contributed by atoms with E-state index in [0.29, 0.717) is 34.5 Å². The average molecular weight is 448 g/mol. The second kappa shape index (κ2) is 8.90. The molecule has 1 aromatic heterocycles. The van der Waals surface area contributed by atoms with E-state index in [0.717, 1.165) is 23.7 Å². The number of rotatable bonds is 5. The zero-order chi connectivity index (χ0) is 20.3. The Morgan fingerprint density at radius 2 is 1.89 bits per heavy atom. The van der Waals surface area contributed by atoms with Crippen molar-refractivity contribution in [3.8, 4) is 0 Å². The molecule has 2 N–H and O–H groups in total. The number of amides is 2. The Labute approximate surface area is 173 Å². The molecule has 2 amide bonds. The van der Waals surface area contributed by atoms with Gasteiger partial charge in [-0.05, 0) is 56.2 Å². The number of nitrogens with zero attached hydrogens (tertiary/aromatic N) is 1. The van der Waals surface area contributed by atoms with Crippen molar-refractivity contribution in [1.82, 2.24) is 10.5 Å². The van der Waals surface area contributed by atoms with Gasteiger partial charge in [-0.25, -0.2) is 4.79 Å². The number of nitrogens with one attached hydrogen (secondary N) is 2. The Balaban J connectivity index is 1.71. The van der Waals surface area contributed by atoms with Crippen molar-refractivity contribution >= 4 is 33.4 Å². The molecule has 3 atom stereocenters. The zero-order valence-corrected chi connectivity index (χ0v) is 18.0. The SMILES string of the molecule is Cc1cc(CNC(=O)Nc2ccc(Br)cc2C(=O)C2C[C@@H](C)C[C@@H](C)C2)no1. The molecule has 1 fully saturated rings. The molecule has 0 radical (unpaired) electrons. The summed E-state index contributed by atoms with van der Waals surface area (Å²) in [6.45, 7) is 6.45. The minimum atomic E-state index is -0.387. The molecule has 0 spiro atoms. The van der Waals surface area contributed by atoms with E-state index < -0.39 is 0 Å². The summed E-state index contributed by atoms with van der Waals surface area (Å²) < 4.78 is 5.81. The molecule has 2 aromatic rings. The van der Waals surface area contributed by atoms with E-state index in [1.807, 2.05) is 6.07 Å². The highest BCUT2D eigenvalue weighted by Gasteiger charge is 2.31. The van der Waals surface area contributed by atoms with E-state index in [1.54, 1.807) is 25.1 Å². The van der Waals surface area contributed by atoms with E-state index in [9.17, 15) is 9.59 Å². The van der Waals surface area contributed by atoms with Crippen LogP contribution in [0.25, 0.3) is 0 Å². The van der Waals surface area contributed by atoms with Crippen LogP contribution < -0.4 is 10.6 Å². The minimum absolute atomic E-state index is 0.00485. The monoisotopic (exact) mass is 447 g/mol. The molecule has 1 aromatic carbocycles. The first-order valence-electron chi connectivity index (χ1n) is 9.62. The first-order chi connectivity index (χ1) is 13.3. The fourth-order valence-corrected chi connectivity index (χ4v) is 4.41. The lowest BCUT2D eigenvalue weighted by molar-refractivity contribution is 0.0837. The molecule has 150 valence electrons. The van der Waals surface area contributed by atoms with Crippen LogP contribution in [-0.4, -0.2) is 17.0 Å². The molecule has 3 rings (SSSR count). The van der Waals surface area contributed by atoms with Gasteiger partial charge in [-0.3, -0.25) is 4.79 Å². The number of carbonyl (C=O) groups excluding carboxylic acids is 2. The number of halogens is 1. The number of hydrogen-bond acceptors (Lipinski definition) is 4. The summed E-state index contributed by atoms with van der Waals surface area (Å²) in [5, 5.41) is 9.40. The molecule has 28 heavy (non-hydrogen) atoms. The molecule has 6 nitrogen and oxygen atoms in total. The molecule has 1 aliphatic carbocycles. The third-order valence-corrected chi connectivity index (χ3v) is 5.64. The maximum Gasteiger partial charge on any atom is 0.319 e. The van der Waals surface area contributed by atoms with Gasteiger partial charge in [0.1, 0.15) is 11.5 Å². The second-order valence-corrected chi connectivity index (χ2v) is 8.82. The fraction of sp³-hybridized carbons (Fsp3) is 0.476. The van der Waals surface area contributed by atoms with Gasteiger partial charge in [0.05, 0.1) is 12.2 Å². The van der Waals surface area contributed by atoms with Gasteiger partial charge in [0.25, 0.3) is 0 Å². The number of urea groups is 1. The largest absolute Gasteiger partial charge is 0.361 e. The second-order valence-electron chi connectivity index (χ2n) is 7.91. The summed E-state index contributed by atoms with van der Waals surface area (Å²) in [4.78, 5) is 25.5. The highest BCUT2D eigenvalue weighted by molar-refractivity contribution is 9.10. The smallest absolute Gasteiger partial charge is 0.319 e. The van der Waals surface area contributed by atoms with E-state index in [2.05, 4.69) is 45.6 Å². The van der Waals surface area contributed by atoms with Crippen molar-refractivity contribution in [3.63, 3.8) is 0 Å². The van der Waals surface area contributed by atoms with Gasteiger partial charge in [-0.2, -0.15) is 0 Å². The van der Waals surface area contributed by atoms with Crippen molar-refractivity contribution < 1.29 is 14.1 Å². The predicted molar refractivity (Wildman–Crippen MR) is 111 cm³/mol. The summed E-state index contributed by atoms with van der Waals surface area (Å²) in [6, 6.07) is 6.75. The number of aryl methyl sites for hydroxylation is 1. The summed E-state index contributed by atoms with van der Waals surface area (Å²) in [5.74, 6) is 1.86. The lowest BCUT2D eigenvalue weighted by atomic mass is 9.74. The highest BCUT2D eigenvalue weighted by Crippen LogP contribution is 2.36. The van der Waals surface area contributed by atoms with Gasteiger partial charge >= 0.3 is 6.03 Å². The standard InChI is InChI=1S/C21H26BrN3O3/c1-12-6-13(2)8-15(7-12)20(26)18-10-16(22)4-5-19(18)24-21(27)23-11-17-9-14(3)28-25-17/h4-5,9-10,12-13,15H,6-8,11H2,1-3H3,(H2,23,24,27)/t12-,13+,15?. The molecular weight excluding hydrogens is 422 g/mol. The van der Waals surface area contributed by atoms with Crippen molar-refractivity contribution in [2.75, 3.05) is 5.32 Å². The van der Waals surface area contributed by atoms with Crippen molar-refractivity contribution in [2.24, 2.45) is 17.8 Å². The van der Waals surface area contributed by atoms with Gasteiger partial charge in [0, 0.05) is 22.0 Å². The molecule has 0 aliphatic heterocycles. The average Bonchev–Trinajstić information content (AvgIpc) is 3.05.